The summed E-state index contributed by atoms with van der Waals surface area (Å²) in [4.78, 5) is 97.4. The highest BCUT2D eigenvalue weighted by Gasteiger charge is 2.60. The maximum absolute atomic E-state index is 14.4. The Morgan fingerprint density at radius 1 is 0.941 bits per heavy atom. The van der Waals surface area contributed by atoms with Gasteiger partial charge in [-0.3, -0.25) is 33.6 Å². The molecule has 282 valence electrons. The summed E-state index contributed by atoms with van der Waals surface area (Å²) < 4.78 is 66.8. The first-order valence-corrected chi connectivity index (χ1v) is 15.1. The quantitative estimate of drug-likeness (QED) is 0.160. The second-order valence-electron chi connectivity index (χ2n) is 11.0. The first-order chi connectivity index (χ1) is 23.8. The number of hydrogen-bond acceptors (Lipinski definition) is 15. The van der Waals surface area contributed by atoms with Gasteiger partial charge in [0.25, 0.3) is 6.43 Å². The lowest BCUT2D eigenvalue weighted by Crippen LogP contribution is -2.70. The number of methoxy groups -OCH3 is 1. The second-order valence-corrected chi connectivity index (χ2v) is 11.0. The normalized spacial score (nSPS) is 20.8. The molecule has 51 heavy (non-hydrogen) atoms. The summed E-state index contributed by atoms with van der Waals surface area (Å²) in [5, 5.41) is 13.5. The Morgan fingerprint density at radius 2 is 1.59 bits per heavy atom. The zero-order valence-corrected chi connectivity index (χ0v) is 28.4. The molecule has 1 aliphatic heterocycles. The fourth-order valence-electron chi connectivity index (χ4n) is 5.01. The Kier molecular flexibility index (Phi) is 15.2. The van der Waals surface area contributed by atoms with Gasteiger partial charge in [0.05, 0.1) is 31.6 Å². The Morgan fingerprint density at radius 3 is 2.10 bits per heavy atom. The number of carboxylic acids is 1. The minimum atomic E-state index is -3.33. The van der Waals surface area contributed by atoms with Gasteiger partial charge in [0.2, 0.25) is 11.8 Å². The molecule has 2 amide bonds. The van der Waals surface area contributed by atoms with Crippen LogP contribution in [0.4, 0.5) is 14.5 Å². The van der Waals surface area contributed by atoms with E-state index in [0.717, 1.165) is 59.9 Å². The average Bonchev–Trinajstić information content (AvgIpc) is 3.01. The minimum absolute atomic E-state index is 0.198. The lowest BCUT2D eigenvalue weighted by Gasteiger charge is -2.48. The molecule has 1 heterocycles. The molecule has 3 N–H and O–H groups in total. The van der Waals surface area contributed by atoms with Crippen LogP contribution in [0.5, 0.6) is 5.75 Å². The molecule has 1 aliphatic rings. The molecule has 0 bridgehead atoms. The van der Waals surface area contributed by atoms with Gasteiger partial charge < -0.3 is 48.9 Å². The van der Waals surface area contributed by atoms with Crippen LogP contribution < -0.4 is 15.4 Å². The van der Waals surface area contributed by atoms with Crippen molar-refractivity contribution in [1.29, 1.82) is 0 Å². The number of halogens is 2. The third kappa shape index (κ3) is 12.5. The molecule has 0 radical (unpaired) electrons. The van der Waals surface area contributed by atoms with Crippen LogP contribution in [0.2, 0.25) is 0 Å². The molecule has 1 fully saturated rings. The molecule has 1 aromatic carbocycles. The van der Waals surface area contributed by atoms with Crippen molar-refractivity contribution in [2.45, 2.75) is 96.6 Å². The highest BCUT2D eigenvalue weighted by atomic mass is 19.3. The van der Waals surface area contributed by atoms with E-state index in [-0.39, 0.29) is 5.69 Å². The number of rotatable bonds is 16. The molecule has 0 spiro atoms. The number of ether oxygens (including phenoxy) is 7. The smallest absolute Gasteiger partial charge is 0.379 e. The average molecular weight is 733 g/mol. The Bertz CT molecular complexity index is 1500. The maximum atomic E-state index is 14.4. The van der Waals surface area contributed by atoms with Gasteiger partial charge in [-0.15, -0.1) is 0 Å². The Balaban J connectivity index is 2.81. The number of carbonyl (C=O) groups is 8. The van der Waals surface area contributed by atoms with Crippen molar-refractivity contribution in [3.05, 3.63) is 23.8 Å². The van der Waals surface area contributed by atoms with Gasteiger partial charge >= 0.3 is 41.6 Å². The van der Waals surface area contributed by atoms with Crippen LogP contribution in [0.15, 0.2) is 18.2 Å². The SMILES string of the molecule is COC(=O)C1(Oc2ccc(NC(=O)CCC(=O)O)cc2C(F)F)CC(OC(C)=O)[C@@H](NC(C)=O)C([C@H](OC(C)=O)[C@@H](COC(C)=O)OC(C)=O)O1. The third-order valence-electron chi connectivity index (χ3n) is 6.86. The van der Waals surface area contributed by atoms with Gasteiger partial charge in [0.1, 0.15) is 24.6 Å². The summed E-state index contributed by atoms with van der Waals surface area (Å²) in [5.74, 6) is -11.6. The van der Waals surface area contributed by atoms with Crippen LogP contribution in [0.25, 0.3) is 0 Å². The van der Waals surface area contributed by atoms with Crippen LogP contribution in [0.1, 0.15) is 65.9 Å². The molecule has 0 saturated carbocycles. The summed E-state index contributed by atoms with van der Waals surface area (Å²) >= 11 is 0. The molecule has 18 nitrogen and oxygen atoms in total. The number of hydrogen-bond donors (Lipinski definition) is 3. The highest BCUT2D eigenvalue weighted by Crippen LogP contribution is 2.41. The van der Waals surface area contributed by atoms with Gasteiger partial charge in [-0.1, -0.05) is 0 Å². The van der Waals surface area contributed by atoms with Crippen molar-refractivity contribution >= 4 is 53.3 Å². The molecule has 3 unspecified atom stereocenters. The summed E-state index contributed by atoms with van der Waals surface area (Å²) in [6.07, 6.45) is -12.3. The van der Waals surface area contributed by atoms with E-state index in [1.54, 1.807) is 0 Å². The van der Waals surface area contributed by atoms with Crippen molar-refractivity contribution in [2.24, 2.45) is 0 Å². The number of aliphatic carboxylic acids is 1. The summed E-state index contributed by atoms with van der Waals surface area (Å²) in [7, 11) is 0.877. The van der Waals surface area contributed by atoms with Crippen molar-refractivity contribution in [2.75, 3.05) is 19.0 Å². The van der Waals surface area contributed by atoms with Gasteiger partial charge in [0.15, 0.2) is 12.2 Å². The number of amides is 2. The maximum Gasteiger partial charge on any atom is 0.379 e. The van der Waals surface area contributed by atoms with Crippen LogP contribution >= 0.6 is 0 Å². The Hall–Kier alpha value is -5.40. The Labute approximate surface area is 289 Å². The molecule has 2 rings (SSSR count). The van der Waals surface area contributed by atoms with E-state index >= 15 is 0 Å². The third-order valence-corrected chi connectivity index (χ3v) is 6.86. The van der Waals surface area contributed by atoms with E-state index in [9.17, 15) is 47.1 Å². The number of carbonyl (C=O) groups excluding carboxylic acids is 7. The van der Waals surface area contributed by atoms with Crippen molar-refractivity contribution in [3.8, 4) is 5.75 Å². The molecule has 0 aromatic heterocycles. The van der Waals surface area contributed by atoms with Crippen LogP contribution in [0, 0.1) is 0 Å². The first-order valence-electron chi connectivity index (χ1n) is 15.1. The molecule has 20 heteroatoms. The number of nitrogens with one attached hydrogen (secondary N) is 2. The monoisotopic (exact) mass is 732 g/mol. The van der Waals surface area contributed by atoms with Crippen LogP contribution in [-0.4, -0.2) is 103 Å². The van der Waals surface area contributed by atoms with Gasteiger partial charge in [-0.2, -0.15) is 0 Å². The van der Waals surface area contributed by atoms with Crippen molar-refractivity contribution in [1.82, 2.24) is 5.32 Å². The van der Waals surface area contributed by atoms with E-state index in [2.05, 4.69) is 10.6 Å². The fourth-order valence-corrected chi connectivity index (χ4v) is 5.01. The van der Waals surface area contributed by atoms with Crippen LogP contribution in [0.3, 0.4) is 0 Å². The lowest BCUT2D eigenvalue weighted by atomic mass is 9.88. The van der Waals surface area contributed by atoms with Gasteiger partial charge in [-0.25, -0.2) is 13.6 Å². The van der Waals surface area contributed by atoms with E-state index < -0.39 is 127 Å². The highest BCUT2D eigenvalue weighted by molar-refractivity contribution is 5.92. The summed E-state index contributed by atoms with van der Waals surface area (Å²) in [6, 6.07) is 1.26. The van der Waals surface area contributed by atoms with E-state index in [4.69, 9.17) is 38.3 Å². The van der Waals surface area contributed by atoms with E-state index in [1.807, 2.05) is 0 Å². The predicted octanol–water partition coefficient (Wildman–Crippen LogP) is 1.33. The standard InChI is InChI=1S/C31H38F2N2O16/c1-14(36)34-26-22(47-16(3)38)12-31(30(44)45-6,51-28(26)27(49-18(5)40)23(48-17(4)39)13-46-15(2)37)50-21-8-7-19(11-20(21)29(32)33)35-24(41)9-10-25(42)43/h7-8,11,22-23,26-29H,9-10,12-13H2,1-6H3,(H,34,36)(H,35,41)(H,42,43)/t22?,23-,26-,27-,28?,31?/m1/s1. The number of anilines is 1. The summed E-state index contributed by atoms with van der Waals surface area (Å²) in [6.45, 7) is 4.18. The predicted molar refractivity (Wildman–Crippen MR) is 163 cm³/mol. The summed E-state index contributed by atoms with van der Waals surface area (Å²) in [5.41, 5.74) is -1.11. The molecule has 6 atom stereocenters. The zero-order chi connectivity index (χ0) is 38.6. The largest absolute Gasteiger partial charge is 0.481 e. The lowest BCUT2D eigenvalue weighted by molar-refractivity contribution is -0.289. The number of benzene rings is 1. The molecule has 1 saturated heterocycles. The van der Waals surface area contributed by atoms with Crippen molar-refractivity contribution < 1.29 is 85.4 Å². The van der Waals surface area contributed by atoms with Crippen LogP contribution in [-0.2, 0) is 66.8 Å². The molecular weight excluding hydrogens is 694 g/mol. The second kappa shape index (κ2) is 18.6. The topological polar surface area (TPSA) is 245 Å². The van der Waals surface area contributed by atoms with E-state index in [0.29, 0.717) is 0 Å². The fraction of sp³-hybridized carbons (Fsp3) is 0.548. The zero-order valence-electron chi connectivity index (χ0n) is 28.4. The number of alkyl halides is 2. The van der Waals surface area contributed by atoms with Gasteiger partial charge in [0, 0.05) is 46.7 Å². The number of esters is 5. The van der Waals surface area contributed by atoms with Gasteiger partial charge in [-0.05, 0) is 18.2 Å². The first kappa shape index (κ1) is 41.8. The van der Waals surface area contributed by atoms with E-state index in [1.165, 1.54) is 0 Å². The molecule has 1 aromatic rings. The molecular formula is C31H38F2N2O16. The molecule has 0 aliphatic carbocycles. The minimum Gasteiger partial charge on any atom is -0.481 e. The van der Waals surface area contributed by atoms with Crippen molar-refractivity contribution in [3.63, 3.8) is 0 Å². The number of carboxylic acid groups (broad SMARTS) is 1.